The summed E-state index contributed by atoms with van der Waals surface area (Å²) in [5.74, 6) is 0. The molecule has 0 amide bonds. The number of rotatable bonds is 4. The minimum atomic E-state index is 0.844. The fraction of sp³-hybridized carbons (Fsp3) is 0.312. The van der Waals surface area contributed by atoms with E-state index in [1.165, 1.54) is 16.7 Å². The molecule has 0 aliphatic heterocycles. The van der Waals surface area contributed by atoms with E-state index in [9.17, 15) is 0 Å². The smallest absolute Gasteiger partial charge is 0.0600 e. The predicted molar refractivity (Wildman–Crippen MR) is 81.5 cm³/mol. The molecule has 2 aromatic rings. The average molecular weight is 255 g/mol. The Morgan fingerprint density at radius 3 is 2.63 bits per heavy atom. The Kier molecular flexibility index (Phi) is 4.05. The van der Waals surface area contributed by atoms with Crippen LogP contribution in [0.3, 0.4) is 0 Å². The quantitative estimate of drug-likeness (QED) is 0.854. The van der Waals surface area contributed by atoms with Gasteiger partial charge in [0.15, 0.2) is 0 Å². The van der Waals surface area contributed by atoms with Crippen molar-refractivity contribution in [3.05, 3.63) is 53.3 Å². The van der Waals surface area contributed by atoms with E-state index in [-0.39, 0.29) is 0 Å². The van der Waals surface area contributed by atoms with Crippen LogP contribution in [0.2, 0.25) is 0 Å². The zero-order valence-electron chi connectivity index (χ0n) is 11.9. The number of aryl methyl sites for hydroxylation is 2. The van der Waals surface area contributed by atoms with Crippen LogP contribution < -0.4 is 10.6 Å². The summed E-state index contributed by atoms with van der Waals surface area (Å²) >= 11 is 0. The maximum absolute atomic E-state index is 6.11. The summed E-state index contributed by atoms with van der Waals surface area (Å²) in [6, 6.07) is 8.28. The number of nitrogen functional groups attached to an aromatic ring is 1. The van der Waals surface area contributed by atoms with Crippen LogP contribution in [-0.4, -0.2) is 18.6 Å². The largest absolute Gasteiger partial charge is 0.397 e. The molecular formula is C16H21N3. The highest BCUT2D eigenvalue weighted by molar-refractivity contribution is 5.69. The van der Waals surface area contributed by atoms with Crippen molar-refractivity contribution in [2.24, 2.45) is 0 Å². The summed E-state index contributed by atoms with van der Waals surface area (Å²) in [6.45, 7) is 5.14. The first-order valence-corrected chi connectivity index (χ1v) is 6.54. The molecule has 0 unspecified atom stereocenters. The van der Waals surface area contributed by atoms with Gasteiger partial charge in [-0.15, -0.1) is 0 Å². The molecule has 3 nitrogen and oxygen atoms in total. The number of anilines is 2. The minimum absolute atomic E-state index is 0.844. The zero-order chi connectivity index (χ0) is 13.8. The molecule has 0 saturated carbocycles. The maximum Gasteiger partial charge on any atom is 0.0600 e. The zero-order valence-corrected chi connectivity index (χ0v) is 11.9. The SMILES string of the molecule is Cc1cc(N)c(N(C)CCc2cccnc2)cc1C. The van der Waals surface area contributed by atoms with Crippen molar-refractivity contribution >= 4 is 11.4 Å². The summed E-state index contributed by atoms with van der Waals surface area (Å²) in [4.78, 5) is 6.34. The Hall–Kier alpha value is -2.03. The van der Waals surface area contributed by atoms with E-state index >= 15 is 0 Å². The summed E-state index contributed by atoms with van der Waals surface area (Å²) < 4.78 is 0. The Morgan fingerprint density at radius 1 is 1.21 bits per heavy atom. The first-order valence-electron chi connectivity index (χ1n) is 6.54. The summed E-state index contributed by atoms with van der Waals surface area (Å²) in [5.41, 5.74) is 11.8. The molecule has 0 bridgehead atoms. The van der Waals surface area contributed by atoms with Gasteiger partial charge in [0.2, 0.25) is 0 Å². The third kappa shape index (κ3) is 3.25. The number of likely N-dealkylation sites (N-methyl/N-ethyl adjacent to an activating group) is 1. The van der Waals surface area contributed by atoms with Gasteiger partial charge in [-0.2, -0.15) is 0 Å². The van der Waals surface area contributed by atoms with Crippen LogP contribution in [0.25, 0.3) is 0 Å². The third-order valence-electron chi connectivity index (χ3n) is 3.51. The van der Waals surface area contributed by atoms with E-state index in [2.05, 4.69) is 42.9 Å². The standard InChI is InChI=1S/C16H21N3/c1-12-9-15(17)16(10-13(12)2)19(3)8-6-14-5-4-7-18-11-14/h4-5,7,9-11H,6,8,17H2,1-3H3. The Bertz CT molecular complexity index is 549. The lowest BCUT2D eigenvalue weighted by Gasteiger charge is -2.22. The van der Waals surface area contributed by atoms with Crippen molar-refractivity contribution in [2.75, 3.05) is 24.2 Å². The molecule has 2 rings (SSSR count). The van der Waals surface area contributed by atoms with Gasteiger partial charge in [-0.3, -0.25) is 4.98 Å². The number of hydrogen-bond acceptors (Lipinski definition) is 3. The van der Waals surface area contributed by atoms with Crippen molar-refractivity contribution in [1.29, 1.82) is 0 Å². The van der Waals surface area contributed by atoms with E-state index in [4.69, 9.17) is 5.73 Å². The van der Waals surface area contributed by atoms with E-state index in [1.807, 2.05) is 18.3 Å². The number of pyridine rings is 1. The first kappa shape index (κ1) is 13.4. The van der Waals surface area contributed by atoms with Gasteiger partial charge >= 0.3 is 0 Å². The normalized spacial score (nSPS) is 10.5. The molecule has 0 radical (unpaired) electrons. The molecule has 2 N–H and O–H groups in total. The maximum atomic E-state index is 6.11. The number of hydrogen-bond donors (Lipinski definition) is 1. The van der Waals surface area contributed by atoms with Crippen LogP contribution >= 0.6 is 0 Å². The molecule has 3 heteroatoms. The van der Waals surface area contributed by atoms with E-state index in [0.717, 1.165) is 24.3 Å². The highest BCUT2D eigenvalue weighted by Gasteiger charge is 2.07. The number of nitrogens with zero attached hydrogens (tertiary/aromatic N) is 2. The van der Waals surface area contributed by atoms with E-state index < -0.39 is 0 Å². The van der Waals surface area contributed by atoms with Gasteiger partial charge in [0, 0.05) is 26.0 Å². The van der Waals surface area contributed by atoms with Crippen molar-refractivity contribution in [3.8, 4) is 0 Å². The molecule has 0 fully saturated rings. The number of benzene rings is 1. The second-order valence-electron chi connectivity index (χ2n) is 5.03. The molecule has 100 valence electrons. The van der Waals surface area contributed by atoms with Crippen LogP contribution in [0, 0.1) is 13.8 Å². The van der Waals surface area contributed by atoms with E-state index in [0.29, 0.717) is 0 Å². The van der Waals surface area contributed by atoms with Gasteiger partial charge in [0.25, 0.3) is 0 Å². The van der Waals surface area contributed by atoms with E-state index in [1.54, 1.807) is 6.20 Å². The molecule has 0 spiro atoms. The van der Waals surface area contributed by atoms with Crippen molar-refractivity contribution < 1.29 is 0 Å². The molecule has 1 heterocycles. The third-order valence-corrected chi connectivity index (χ3v) is 3.51. The molecule has 1 aromatic carbocycles. The number of aromatic nitrogens is 1. The molecule has 1 aromatic heterocycles. The van der Waals surface area contributed by atoms with Crippen molar-refractivity contribution in [2.45, 2.75) is 20.3 Å². The second kappa shape index (κ2) is 5.74. The second-order valence-corrected chi connectivity index (χ2v) is 5.03. The van der Waals surface area contributed by atoms with Gasteiger partial charge in [-0.25, -0.2) is 0 Å². The highest BCUT2D eigenvalue weighted by atomic mass is 15.1. The minimum Gasteiger partial charge on any atom is -0.397 e. The molecule has 19 heavy (non-hydrogen) atoms. The Morgan fingerprint density at radius 2 is 1.95 bits per heavy atom. The van der Waals surface area contributed by atoms with Gasteiger partial charge in [0.05, 0.1) is 11.4 Å². The predicted octanol–water partition coefficient (Wildman–Crippen LogP) is 2.96. The van der Waals surface area contributed by atoms with Gasteiger partial charge in [0.1, 0.15) is 0 Å². The average Bonchev–Trinajstić information content (AvgIpc) is 2.41. The van der Waals surface area contributed by atoms with Gasteiger partial charge in [-0.1, -0.05) is 6.07 Å². The van der Waals surface area contributed by atoms with Crippen LogP contribution in [0.1, 0.15) is 16.7 Å². The molecule has 0 aliphatic carbocycles. The topological polar surface area (TPSA) is 42.1 Å². The van der Waals surface area contributed by atoms with Crippen molar-refractivity contribution in [1.82, 2.24) is 4.98 Å². The lowest BCUT2D eigenvalue weighted by Crippen LogP contribution is -2.21. The summed E-state index contributed by atoms with van der Waals surface area (Å²) in [5, 5.41) is 0. The fourth-order valence-electron chi connectivity index (χ4n) is 2.12. The van der Waals surface area contributed by atoms with Crippen LogP contribution in [-0.2, 0) is 6.42 Å². The molecule has 0 saturated heterocycles. The van der Waals surface area contributed by atoms with Crippen molar-refractivity contribution in [3.63, 3.8) is 0 Å². The van der Waals surface area contributed by atoms with Gasteiger partial charge < -0.3 is 10.6 Å². The molecular weight excluding hydrogens is 234 g/mol. The molecule has 0 aliphatic rings. The van der Waals surface area contributed by atoms with Crippen LogP contribution in [0.15, 0.2) is 36.7 Å². The molecule has 0 atom stereocenters. The lowest BCUT2D eigenvalue weighted by atomic mass is 10.1. The fourth-order valence-corrected chi connectivity index (χ4v) is 2.12. The van der Waals surface area contributed by atoms with Crippen LogP contribution in [0.5, 0.6) is 0 Å². The Labute approximate surface area is 115 Å². The monoisotopic (exact) mass is 255 g/mol. The van der Waals surface area contributed by atoms with Crippen LogP contribution in [0.4, 0.5) is 11.4 Å². The Balaban J connectivity index is 2.08. The summed E-state index contributed by atoms with van der Waals surface area (Å²) in [6.07, 6.45) is 4.68. The first-order chi connectivity index (χ1) is 9.08. The highest BCUT2D eigenvalue weighted by Crippen LogP contribution is 2.26. The summed E-state index contributed by atoms with van der Waals surface area (Å²) in [7, 11) is 2.08. The lowest BCUT2D eigenvalue weighted by molar-refractivity contribution is 0.872. The number of nitrogens with two attached hydrogens (primary N) is 1. The van der Waals surface area contributed by atoms with Gasteiger partial charge in [-0.05, 0) is 55.2 Å².